The van der Waals surface area contributed by atoms with Crippen LogP contribution in [-0.4, -0.2) is 30.4 Å². The standard InChI is InChI=1S/C21H23NO4/c23-21(24)16-26-20-10-4-9-19-18(20)11-12-22(19)13-15-25-14-5-8-17-6-2-1-3-7-17/h1-4,6-7,9-12H,5,8,13-16H2,(H,23,24)/p-1. The number of carbonyl (C=O) groups is 1. The second-order valence-corrected chi connectivity index (χ2v) is 6.06. The van der Waals surface area contributed by atoms with Crippen LogP contribution in [0.1, 0.15) is 12.0 Å². The van der Waals surface area contributed by atoms with E-state index in [1.165, 1.54) is 5.56 Å². The number of aliphatic carboxylic acids is 1. The Morgan fingerprint density at radius 2 is 1.85 bits per heavy atom. The fourth-order valence-electron chi connectivity index (χ4n) is 2.94. The summed E-state index contributed by atoms with van der Waals surface area (Å²) in [6, 6.07) is 17.9. The molecular formula is C21H22NO4-. The molecule has 0 aliphatic rings. The SMILES string of the molecule is O=C([O-])COc1cccc2c1ccn2CCOCCCc1ccccc1. The van der Waals surface area contributed by atoms with Crippen LogP contribution in [0.2, 0.25) is 0 Å². The number of nitrogens with zero attached hydrogens (tertiary/aromatic N) is 1. The molecule has 5 heteroatoms. The monoisotopic (exact) mass is 352 g/mol. The molecule has 5 nitrogen and oxygen atoms in total. The zero-order valence-corrected chi connectivity index (χ0v) is 14.6. The zero-order valence-electron chi connectivity index (χ0n) is 14.6. The van der Waals surface area contributed by atoms with Gasteiger partial charge in [-0.1, -0.05) is 36.4 Å². The van der Waals surface area contributed by atoms with Crippen molar-refractivity contribution in [3.63, 3.8) is 0 Å². The maximum Gasteiger partial charge on any atom is 0.129 e. The van der Waals surface area contributed by atoms with Crippen LogP contribution in [-0.2, 0) is 22.5 Å². The fraction of sp³-hybridized carbons (Fsp3) is 0.286. The number of fused-ring (bicyclic) bond motifs is 1. The summed E-state index contributed by atoms with van der Waals surface area (Å²) < 4.78 is 13.1. The highest BCUT2D eigenvalue weighted by atomic mass is 16.5. The van der Waals surface area contributed by atoms with Crippen molar-refractivity contribution in [3.05, 3.63) is 66.4 Å². The van der Waals surface area contributed by atoms with Crippen LogP contribution in [0, 0.1) is 0 Å². The van der Waals surface area contributed by atoms with E-state index in [2.05, 4.69) is 28.8 Å². The van der Waals surface area contributed by atoms with Gasteiger partial charge in [0.2, 0.25) is 0 Å². The Labute approximate surface area is 152 Å². The van der Waals surface area contributed by atoms with Gasteiger partial charge in [-0.25, -0.2) is 0 Å². The number of aromatic nitrogens is 1. The first-order valence-electron chi connectivity index (χ1n) is 8.76. The highest BCUT2D eigenvalue weighted by Gasteiger charge is 2.06. The van der Waals surface area contributed by atoms with Gasteiger partial charge in [0.1, 0.15) is 12.4 Å². The van der Waals surface area contributed by atoms with Crippen molar-refractivity contribution in [1.29, 1.82) is 0 Å². The third-order valence-electron chi connectivity index (χ3n) is 4.19. The Hall–Kier alpha value is -2.79. The molecule has 136 valence electrons. The molecule has 0 saturated heterocycles. The van der Waals surface area contributed by atoms with E-state index in [0.717, 1.165) is 36.9 Å². The van der Waals surface area contributed by atoms with E-state index in [-0.39, 0.29) is 0 Å². The van der Waals surface area contributed by atoms with E-state index < -0.39 is 12.6 Å². The molecule has 26 heavy (non-hydrogen) atoms. The Balaban J connectivity index is 1.47. The minimum atomic E-state index is -1.23. The number of hydrogen-bond donors (Lipinski definition) is 0. The van der Waals surface area contributed by atoms with Crippen molar-refractivity contribution < 1.29 is 19.4 Å². The first kappa shape index (κ1) is 18.0. The third kappa shape index (κ3) is 4.86. The number of rotatable bonds is 10. The second kappa shape index (κ2) is 9.06. The first-order valence-corrected chi connectivity index (χ1v) is 8.76. The van der Waals surface area contributed by atoms with Gasteiger partial charge < -0.3 is 23.9 Å². The van der Waals surface area contributed by atoms with Gasteiger partial charge in [0, 0.05) is 24.7 Å². The molecule has 0 atom stereocenters. The Morgan fingerprint density at radius 1 is 1.00 bits per heavy atom. The topological polar surface area (TPSA) is 63.5 Å². The van der Waals surface area contributed by atoms with Crippen LogP contribution in [0.15, 0.2) is 60.8 Å². The van der Waals surface area contributed by atoms with Crippen molar-refractivity contribution in [3.8, 4) is 5.75 Å². The molecule has 0 bridgehead atoms. The molecule has 3 aromatic rings. The molecule has 0 spiro atoms. The van der Waals surface area contributed by atoms with E-state index in [1.54, 1.807) is 6.07 Å². The molecule has 3 rings (SSSR count). The minimum absolute atomic E-state index is 0.450. The highest BCUT2D eigenvalue weighted by molar-refractivity contribution is 5.86. The summed E-state index contributed by atoms with van der Waals surface area (Å²) in [7, 11) is 0. The molecule has 1 heterocycles. The van der Waals surface area contributed by atoms with Gasteiger partial charge in [-0.05, 0) is 36.6 Å². The van der Waals surface area contributed by atoms with Crippen molar-refractivity contribution in [1.82, 2.24) is 4.57 Å². The van der Waals surface area contributed by atoms with Crippen LogP contribution in [0.25, 0.3) is 10.9 Å². The molecule has 0 amide bonds. The molecule has 1 aromatic heterocycles. The minimum Gasteiger partial charge on any atom is -0.546 e. The number of carbonyl (C=O) groups excluding carboxylic acids is 1. The Bertz CT molecular complexity index is 842. The maximum atomic E-state index is 10.6. The second-order valence-electron chi connectivity index (χ2n) is 6.06. The molecule has 0 radical (unpaired) electrons. The van der Waals surface area contributed by atoms with Crippen LogP contribution >= 0.6 is 0 Å². The highest BCUT2D eigenvalue weighted by Crippen LogP contribution is 2.26. The quantitative estimate of drug-likeness (QED) is 0.526. The van der Waals surface area contributed by atoms with Crippen LogP contribution < -0.4 is 9.84 Å². The number of aryl methyl sites for hydroxylation is 1. The van der Waals surface area contributed by atoms with E-state index in [0.29, 0.717) is 12.4 Å². The Kier molecular flexibility index (Phi) is 6.28. The van der Waals surface area contributed by atoms with Gasteiger partial charge in [0.05, 0.1) is 18.1 Å². The molecule has 0 fully saturated rings. The summed E-state index contributed by atoms with van der Waals surface area (Å²) >= 11 is 0. The predicted octanol–water partition coefficient (Wildman–Crippen LogP) is 2.42. The van der Waals surface area contributed by atoms with Gasteiger partial charge >= 0.3 is 0 Å². The van der Waals surface area contributed by atoms with E-state index >= 15 is 0 Å². The lowest BCUT2D eigenvalue weighted by molar-refractivity contribution is -0.307. The summed E-state index contributed by atoms with van der Waals surface area (Å²) in [4.78, 5) is 10.6. The number of carboxylic acid groups (broad SMARTS) is 1. The van der Waals surface area contributed by atoms with Gasteiger partial charge in [0.15, 0.2) is 0 Å². The smallest absolute Gasteiger partial charge is 0.129 e. The predicted molar refractivity (Wildman–Crippen MR) is 98.0 cm³/mol. The third-order valence-corrected chi connectivity index (χ3v) is 4.19. The molecule has 0 unspecified atom stereocenters. The van der Waals surface area contributed by atoms with E-state index in [4.69, 9.17) is 9.47 Å². The number of hydrogen-bond acceptors (Lipinski definition) is 4. The summed E-state index contributed by atoms with van der Waals surface area (Å²) in [6.45, 7) is 1.64. The fourth-order valence-corrected chi connectivity index (χ4v) is 2.94. The van der Waals surface area contributed by atoms with Gasteiger partial charge in [-0.3, -0.25) is 0 Å². The number of carboxylic acids is 1. The number of benzene rings is 2. The lowest BCUT2D eigenvalue weighted by Crippen LogP contribution is -2.28. The maximum absolute atomic E-state index is 10.6. The zero-order chi connectivity index (χ0) is 18.2. The molecule has 0 aliphatic heterocycles. The summed E-state index contributed by atoms with van der Waals surface area (Å²) in [5.74, 6) is -0.681. The molecule has 2 aromatic carbocycles. The van der Waals surface area contributed by atoms with Crippen molar-refractivity contribution in [2.24, 2.45) is 0 Å². The lowest BCUT2D eigenvalue weighted by atomic mass is 10.1. The van der Waals surface area contributed by atoms with Gasteiger partial charge in [-0.15, -0.1) is 0 Å². The van der Waals surface area contributed by atoms with Crippen LogP contribution in [0.5, 0.6) is 5.75 Å². The molecule has 0 aliphatic carbocycles. The normalized spacial score (nSPS) is 10.9. The first-order chi connectivity index (χ1) is 12.7. The van der Waals surface area contributed by atoms with E-state index in [9.17, 15) is 9.90 Å². The van der Waals surface area contributed by atoms with Crippen LogP contribution in [0.4, 0.5) is 0 Å². The van der Waals surface area contributed by atoms with Crippen LogP contribution in [0.3, 0.4) is 0 Å². The average Bonchev–Trinajstić information content (AvgIpc) is 3.07. The summed E-state index contributed by atoms with van der Waals surface area (Å²) in [5.41, 5.74) is 2.32. The van der Waals surface area contributed by atoms with Crippen molar-refractivity contribution >= 4 is 16.9 Å². The van der Waals surface area contributed by atoms with Crippen molar-refractivity contribution in [2.75, 3.05) is 19.8 Å². The largest absolute Gasteiger partial charge is 0.546 e. The van der Waals surface area contributed by atoms with Gasteiger partial charge in [0.25, 0.3) is 0 Å². The summed E-state index contributed by atoms with van der Waals surface area (Å²) in [6.07, 6.45) is 3.98. The molecular weight excluding hydrogens is 330 g/mol. The van der Waals surface area contributed by atoms with Gasteiger partial charge in [-0.2, -0.15) is 0 Å². The average molecular weight is 352 g/mol. The Morgan fingerprint density at radius 3 is 2.65 bits per heavy atom. The molecule has 0 saturated carbocycles. The molecule has 0 N–H and O–H groups in total. The lowest BCUT2D eigenvalue weighted by Gasteiger charge is -2.10. The van der Waals surface area contributed by atoms with Crippen molar-refractivity contribution in [2.45, 2.75) is 19.4 Å². The van der Waals surface area contributed by atoms with E-state index in [1.807, 2.05) is 30.5 Å². The number of ether oxygens (including phenoxy) is 2. The summed E-state index contributed by atoms with van der Waals surface area (Å²) in [5, 5.41) is 11.5.